The molecule has 0 atom stereocenters. The third kappa shape index (κ3) is 2.21. The molecular weight excluding hydrogens is 266 g/mol. The number of para-hydroxylation sites is 1. The number of anilines is 1. The predicted octanol–water partition coefficient (Wildman–Crippen LogP) is 2.90. The predicted molar refractivity (Wildman–Crippen MR) is 81.1 cm³/mol. The first-order valence-electron chi connectivity index (χ1n) is 6.50. The van der Waals surface area contributed by atoms with Gasteiger partial charge in [-0.05, 0) is 29.8 Å². The van der Waals surface area contributed by atoms with Crippen molar-refractivity contribution in [2.75, 3.05) is 11.9 Å². The fourth-order valence-corrected chi connectivity index (χ4v) is 2.43. The first-order valence-corrected chi connectivity index (χ1v) is 6.50. The molecule has 2 aromatic rings. The van der Waals surface area contributed by atoms with Crippen LogP contribution in [0.3, 0.4) is 0 Å². The molecule has 0 saturated heterocycles. The molecular formula is C17H13NO3. The molecule has 0 aliphatic carbocycles. The zero-order valence-corrected chi connectivity index (χ0v) is 11.4. The lowest BCUT2D eigenvalue weighted by molar-refractivity contribution is -0.112. The second-order valence-electron chi connectivity index (χ2n) is 4.87. The van der Waals surface area contributed by atoms with Crippen molar-refractivity contribution >= 4 is 29.2 Å². The maximum absolute atomic E-state index is 12.3. The highest BCUT2D eigenvalue weighted by molar-refractivity contribution is 6.35. The van der Waals surface area contributed by atoms with E-state index < -0.39 is 5.97 Å². The third-order valence-corrected chi connectivity index (χ3v) is 3.56. The summed E-state index contributed by atoms with van der Waals surface area (Å²) in [6.07, 6.45) is 1.79. The van der Waals surface area contributed by atoms with Crippen molar-refractivity contribution in [3.8, 4) is 0 Å². The van der Waals surface area contributed by atoms with Gasteiger partial charge in [-0.15, -0.1) is 0 Å². The summed E-state index contributed by atoms with van der Waals surface area (Å²) < 4.78 is 0. The molecule has 2 aromatic carbocycles. The van der Waals surface area contributed by atoms with Crippen LogP contribution in [0.15, 0.2) is 48.5 Å². The highest BCUT2D eigenvalue weighted by Gasteiger charge is 2.28. The number of benzene rings is 2. The Bertz CT molecular complexity index is 760. The van der Waals surface area contributed by atoms with Crippen LogP contribution in [-0.2, 0) is 4.79 Å². The zero-order chi connectivity index (χ0) is 15.0. The summed E-state index contributed by atoms with van der Waals surface area (Å²) in [5.74, 6) is -1.02. The van der Waals surface area contributed by atoms with Crippen molar-refractivity contribution in [2.24, 2.45) is 0 Å². The normalized spacial score (nSPS) is 15.4. The van der Waals surface area contributed by atoms with Gasteiger partial charge in [-0.1, -0.05) is 30.3 Å². The molecule has 1 heterocycles. The number of carboxylic acids is 1. The van der Waals surface area contributed by atoms with Gasteiger partial charge in [-0.3, -0.25) is 4.79 Å². The first kappa shape index (κ1) is 13.1. The lowest BCUT2D eigenvalue weighted by Gasteiger charge is -2.07. The molecule has 0 aromatic heterocycles. The van der Waals surface area contributed by atoms with Gasteiger partial charge in [0, 0.05) is 18.2 Å². The van der Waals surface area contributed by atoms with Gasteiger partial charge in [-0.2, -0.15) is 0 Å². The second kappa shape index (κ2) is 4.90. The number of hydrogen-bond donors (Lipinski definition) is 1. The summed E-state index contributed by atoms with van der Waals surface area (Å²) in [6.45, 7) is 0. The molecule has 3 rings (SSSR count). The lowest BCUT2D eigenvalue weighted by Crippen LogP contribution is -2.20. The van der Waals surface area contributed by atoms with Gasteiger partial charge < -0.3 is 10.0 Å². The van der Waals surface area contributed by atoms with Crippen LogP contribution >= 0.6 is 0 Å². The number of carbonyl (C=O) groups is 2. The van der Waals surface area contributed by atoms with E-state index in [0.29, 0.717) is 5.57 Å². The van der Waals surface area contributed by atoms with E-state index in [0.717, 1.165) is 16.8 Å². The Morgan fingerprint density at radius 1 is 1.10 bits per heavy atom. The fourth-order valence-electron chi connectivity index (χ4n) is 2.43. The molecule has 1 N–H and O–H groups in total. The van der Waals surface area contributed by atoms with Crippen molar-refractivity contribution in [3.05, 3.63) is 65.2 Å². The molecule has 104 valence electrons. The van der Waals surface area contributed by atoms with Gasteiger partial charge in [0.25, 0.3) is 5.91 Å². The monoisotopic (exact) mass is 279 g/mol. The Labute approximate surface area is 121 Å². The topological polar surface area (TPSA) is 57.6 Å². The van der Waals surface area contributed by atoms with Crippen LogP contribution < -0.4 is 4.90 Å². The van der Waals surface area contributed by atoms with Gasteiger partial charge in [0.15, 0.2) is 0 Å². The molecule has 21 heavy (non-hydrogen) atoms. The molecule has 0 radical (unpaired) electrons. The van der Waals surface area contributed by atoms with E-state index in [1.165, 1.54) is 12.1 Å². The van der Waals surface area contributed by atoms with E-state index in [4.69, 9.17) is 5.11 Å². The van der Waals surface area contributed by atoms with Crippen molar-refractivity contribution in [3.63, 3.8) is 0 Å². The number of nitrogens with zero attached hydrogens (tertiary/aromatic N) is 1. The number of fused-ring (bicyclic) bond motifs is 1. The maximum Gasteiger partial charge on any atom is 0.335 e. The molecule has 0 bridgehead atoms. The van der Waals surface area contributed by atoms with Crippen molar-refractivity contribution in [1.82, 2.24) is 0 Å². The minimum atomic E-state index is -0.962. The Kier molecular flexibility index (Phi) is 3.06. The quantitative estimate of drug-likeness (QED) is 0.860. The Hall–Kier alpha value is -2.88. The molecule has 1 aliphatic rings. The summed E-state index contributed by atoms with van der Waals surface area (Å²) in [5.41, 5.74) is 3.43. The second-order valence-corrected chi connectivity index (χ2v) is 4.87. The van der Waals surface area contributed by atoms with Gasteiger partial charge in [0.05, 0.1) is 11.3 Å². The van der Waals surface area contributed by atoms with Crippen molar-refractivity contribution < 1.29 is 14.7 Å². The molecule has 0 saturated carbocycles. The van der Waals surface area contributed by atoms with E-state index in [1.807, 2.05) is 24.3 Å². The van der Waals surface area contributed by atoms with E-state index in [9.17, 15) is 9.59 Å². The summed E-state index contributed by atoms with van der Waals surface area (Å²) in [4.78, 5) is 24.8. The largest absolute Gasteiger partial charge is 0.478 e. The highest BCUT2D eigenvalue weighted by atomic mass is 16.4. The number of carbonyl (C=O) groups excluding carboxylic acids is 1. The molecule has 1 aliphatic heterocycles. The maximum atomic E-state index is 12.3. The van der Waals surface area contributed by atoms with Crippen LogP contribution in [0.5, 0.6) is 0 Å². The molecule has 0 spiro atoms. The lowest BCUT2D eigenvalue weighted by atomic mass is 10.0. The highest BCUT2D eigenvalue weighted by Crippen LogP contribution is 2.36. The van der Waals surface area contributed by atoms with Gasteiger partial charge in [-0.25, -0.2) is 4.79 Å². The van der Waals surface area contributed by atoms with Crippen molar-refractivity contribution in [2.45, 2.75) is 0 Å². The first-order chi connectivity index (χ1) is 10.1. The van der Waals surface area contributed by atoms with E-state index in [1.54, 1.807) is 30.2 Å². The van der Waals surface area contributed by atoms with Crippen LogP contribution in [0, 0.1) is 0 Å². The average Bonchev–Trinajstić information content (AvgIpc) is 2.73. The fraction of sp³-hybridized carbons (Fsp3) is 0.0588. The minimum Gasteiger partial charge on any atom is -0.478 e. The number of aromatic carboxylic acids is 1. The molecule has 4 nitrogen and oxygen atoms in total. The molecule has 4 heteroatoms. The smallest absolute Gasteiger partial charge is 0.335 e. The van der Waals surface area contributed by atoms with Crippen LogP contribution in [-0.4, -0.2) is 24.0 Å². The van der Waals surface area contributed by atoms with Crippen LogP contribution in [0.4, 0.5) is 5.69 Å². The average molecular weight is 279 g/mol. The van der Waals surface area contributed by atoms with Crippen LogP contribution in [0.2, 0.25) is 0 Å². The van der Waals surface area contributed by atoms with Gasteiger partial charge in [0.1, 0.15) is 0 Å². The van der Waals surface area contributed by atoms with Gasteiger partial charge >= 0.3 is 5.97 Å². The summed E-state index contributed by atoms with van der Waals surface area (Å²) in [6, 6.07) is 14.1. The van der Waals surface area contributed by atoms with E-state index in [2.05, 4.69) is 0 Å². The summed E-state index contributed by atoms with van der Waals surface area (Å²) >= 11 is 0. The van der Waals surface area contributed by atoms with Crippen LogP contribution in [0.1, 0.15) is 21.5 Å². The number of carboxylic acid groups (broad SMARTS) is 1. The zero-order valence-electron chi connectivity index (χ0n) is 11.4. The Balaban J connectivity index is 2.03. The Morgan fingerprint density at radius 3 is 2.43 bits per heavy atom. The minimum absolute atomic E-state index is 0.0569. The number of hydrogen-bond acceptors (Lipinski definition) is 2. The molecule has 1 amide bonds. The van der Waals surface area contributed by atoms with Gasteiger partial charge in [0.2, 0.25) is 0 Å². The number of likely N-dealkylation sites (N-methyl/N-ethyl adjacent to an activating group) is 1. The van der Waals surface area contributed by atoms with Crippen LogP contribution in [0.25, 0.3) is 11.6 Å². The number of amides is 1. The molecule has 0 unspecified atom stereocenters. The standard InChI is InChI=1S/C17H13NO3/c1-18-15-5-3-2-4-13(15)14(16(18)19)10-11-6-8-12(9-7-11)17(20)21/h2-10H,1H3,(H,20,21)/b14-10-. The van der Waals surface area contributed by atoms with Crippen molar-refractivity contribution in [1.29, 1.82) is 0 Å². The third-order valence-electron chi connectivity index (χ3n) is 3.56. The Morgan fingerprint density at radius 2 is 1.76 bits per heavy atom. The number of rotatable bonds is 2. The van der Waals surface area contributed by atoms with E-state index >= 15 is 0 Å². The summed E-state index contributed by atoms with van der Waals surface area (Å²) in [7, 11) is 1.75. The SMILES string of the molecule is CN1C(=O)/C(=C\c2ccc(C(=O)O)cc2)c2ccccc21. The molecule has 0 fully saturated rings. The van der Waals surface area contributed by atoms with E-state index in [-0.39, 0.29) is 11.5 Å². The summed E-state index contributed by atoms with van der Waals surface area (Å²) in [5, 5.41) is 8.89.